The van der Waals surface area contributed by atoms with Crippen LogP contribution in [0.2, 0.25) is 0 Å². The van der Waals surface area contributed by atoms with Crippen LogP contribution in [0.5, 0.6) is 0 Å². The van der Waals surface area contributed by atoms with Crippen molar-refractivity contribution in [3.05, 3.63) is 107 Å². The highest BCUT2D eigenvalue weighted by molar-refractivity contribution is 8.00. The molecule has 0 spiro atoms. The van der Waals surface area contributed by atoms with Gasteiger partial charge in [-0.05, 0) is 61.0 Å². The molecule has 2 amide bonds. The quantitative estimate of drug-likeness (QED) is 0.306. The van der Waals surface area contributed by atoms with Gasteiger partial charge in [0.05, 0.1) is 5.69 Å². The van der Waals surface area contributed by atoms with Gasteiger partial charge in [0, 0.05) is 21.5 Å². The number of carbonyl (C=O) groups excluding carboxylic acids is 2. The van der Waals surface area contributed by atoms with Gasteiger partial charge in [0.2, 0.25) is 5.91 Å². The predicted octanol–water partition coefficient (Wildman–Crippen LogP) is 6.32. The van der Waals surface area contributed by atoms with Crippen molar-refractivity contribution in [2.24, 2.45) is 0 Å². The third kappa shape index (κ3) is 6.06. The summed E-state index contributed by atoms with van der Waals surface area (Å²) in [5.74, 6) is -0.875. The van der Waals surface area contributed by atoms with Crippen molar-refractivity contribution in [3.63, 3.8) is 0 Å². The van der Waals surface area contributed by atoms with Crippen LogP contribution in [0.15, 0.2) is 89.1 Å². The van der Waals surface area contributed by atoms with E-state index in [2.05, 4.69) is 15.6 Å². The first-order valence-electron chi connectivity index (χ1n) is 10.1. The molecule has 1 atom stereocenters. The number of benzene rings is 3. The largest absolute Gasteiger partial charge is 0.322 e. The van der Waals surface area contributed by atoms with Gasteiger partial charge in [0.1, 0.15) is 11.1 Å². The van der Waals surface area contributed by atoms with Crippen molar-refractivity contribution in [2.45, 2.75) is 17.1 Å². The number of halogens is 1. The Morgan fingerprint density at radius 2 is 1.64 bits per heavy atom. The number of thiazole rings is 1. The first-order valence-corrected chi connectivity index (χ1v) is 11.9. The lowest BCUT2D eigenvalue weighted by molar-refractivity contribution is -0.115. The second-order valence-electron chi connectivity index (χ2n) is 7.18. The van der Waals surface area contributed by atoms with E-state index in [1.165, 1.54) is 47.4 Å². The van der Waals surface area contributed by atoms with E-state index in [4.69, 9.17) is 0 Å². The molecule has 4 aromatic rings. The number of nitrogens with one attached hydrogen (secondary N) is 2. The summed E-state index contributed by atoms with van der Waals surface area (Å²) in [5.41, 5.74) is 2.71. The van der Waals surface area contributed by atoms with Gasteiger partial charge in [-0.25, -0.2) is 9.37 Å². The average Bonchev–Trinajstić information content (AvgIpc) is 3.23. The summed E-state index contributed by atoms with van der Waals surface area (Å²) in [5, 5.41) is 7.67. The molecule has 0 bridgehead atoms. The van der Waals surface area contributed by atoms with Crippen molar-refractivity contribution >= 4 is 45.7 Å². The zero-order valence-electron chi connectivity index (χ0n) is 17.6. The van der Waals surface area contributed by atoms with Gasteiger partial charge in [-0.1, -0.05) is 30.3 Å². The van der Waals surface area contributed by atoms with Crippen molar-refractivity contribution < 1.29 is 14.0 Å². The number of rotatable bonds is 7. The number of hydrogen-bond acceptors (Lipinski definition) is 5. The predicted molar refractivity (Wildman–Crippen MR) is 131 cm³/mol. The smallest absolute Gasteiger partial charge is 0.255 e. The minimum absolute atomic E-state index is 0.158. The van der Waals surface area contributed by atoms with E-state index in [0.717, 1.165) is 16.2 Å². The van der Waals surface area contributed by atoms with E-state index >= 15 is 0 Å². The van der Waals surface area contributed by atoms with Gasteiger partial charge in [-0.3, -0.25) is 9.59 Å². The minimum atomic E-state index is -0.477. The van der Waals surface area contributed by atoms with Crippen LogP contribution in [-0.2, 0) is 4.79 Å². The Labute approximate surface area is 199 Å². The highest BCUT2D eigenvalue weighted by Crippen LogP contribution is 2.37. The normalized spacial score (nSPS) is 11.6. The molecule has 0 radical (unpaired) electrons. The number of hydrogen-bond donors (Lipinski definition) is 2. The van der Waals surface area contributed by atoms with E-state index < -0.39 is 11.1 Å². The van der Waals surface area contributed by atoms with Crippen LogP contribution in [0.3, 0.4) is 0 Å². The van der Waals surface area contributed by atoms with Crippen LogP contribution >= 0.6 is 23.1 Å². The Kier molecular flexibility index (Phi) is 7.16. The summed E-state index contributed by atoms with van der Waals surface area (Å²) in [6.07, 6.45) is 0. The van der Waals surface area contributed by atoms with E-state index in [1.807, 2.05) is 54.8 Å². The van der Waals surface area contributed by atoms with E-state index in [9.17, 15) is 14.0 Å². The molecule has 166 valence electrons. The Morgan fingerprint density at radius 1 is 0.939 bits per heavy atom. The second-order valence-corrected chi connectivity index (χ2v) is 9.21. The Balaban J connectivity index is 1.47. The Hall–Kier alpha value is -3.49. The molecule has 0 saturated heterocycles. The molecule has 0 aliphatic rings. The Bertz CT molecular complexity index is 1240. The fraction of sp³-hybridized carbons (Fsp3) is 0.0800. The molecule has 4 rings (SSSR count). The topological polar surface area (TPSA) is 71.1 Å². The molecular weight excluding hydrogens is 457 g/mol. The molecule has 8 heteroatoms. The van der Waals surface area contributed by atoms with Crippen LogP contribution in [0.4, 0.5) is 15.2 Å². The van der Waals surface area contributed by atoms with E-state index in [-0.39, 0.29) is 11.8 Å². The summed E-state index contributed by atoms with van der Waals surface area (Å²) >= 11 is 2.80. The van der Waals surface area contributed by atoms with E-state index in [0.29, 0.717) is 16.4 Å². The van der Waals surface area contributed by atoms with Crippen LogP contribution in [0.25, 0.3) is 0 Å². The van der Waals surface area contributed by atoms with Crippen LogP contribution in [0.1, 0.15) is 26.9 Å². The van der Waals surface area contributed by atoms with Gasteiger partial charge in [0.15, 0.2) is 5.13 Å². The fourth-order valence-corrected chi connectivity index (χ4v) is 4.76. The van der Waals surface area contributed by atoms with Crippen LogP contribution in [-0.4, -0.2) is 16.8 Å². The number of aromatic nitrogens is 1. The first-order chi connectivity index (χ1) is 16.0. The molecule has 0 saturated carbocycles. The summed E-state index contributed by atoms with van der Waals surface area (Å²) in [4.78, 5) is 30.6. The standard InChI is InChI=1S/C25H20FN3O2S2/c1-16-15-32-25(27-16)29-24(31)22(17-5-3-2-4-6-17)33-21-13-11-20(12-14-21)28-23(30)18-7-9-19(26)10-8-18/h2-15,22H,1H3,(H,28,30)(H,27,29,31). The molecule has 2 N–H and O–H groups in total. The zero-order chi connectivity index (χ0) is 23.2. The molecule has 33 heavy (non-hydrogen) atoms. The minimum Gasteiger partial charge on any atom is -0.322 e. The molecule has 0 aliphatic carbocycles. The maximum atomic E-state index is 13.1. The number of aryl methyl sites for hydroxylation is 1. The molecule has 0 fully saturated rings. The molecular formula is C25H20FN3O2S2. The number of anilines is 2. The van der Waals surface area contributed by atoms with E-state index in [1.54, 1.807) is 12.1 Å². The lowest BCUT2D eigenvalue weighted by Gasteiger charge is -2.16. The SMILES string of the molecule is Cc1csc(NC(=O)C(Sc2ccc(NC(=O)c3ccc(F)cc3)cc2)c2ccccc2)n1. The number of amides is 2. The Morgan fingerprint density at radius 3 is 2.27 bits per heavy atom. The molecule has 1 aromatic heterocycles. The molecule has 0 aliphatic heterocycles. The maximum absolute atomic E-state index is 13.1. The number of carbonyl (C=O) groups is 2. The molecule has 5 nitrogen and oxygen atoms in total. The zero-order valence-corrected chi connectivity index (χ0v) is 19.3. The van der Waals surface area contributed by atoms with Crippen LogP contribution < -0.4 is 10.6 Å². The first kappa shape index (κ1) is 22.7. The summed E-state index contributed by atoms with van der Waals surface area (Å²) in [6, 6.07) is 22.1. The summed E-state index contributed by atoms with van der Waals surface area (Å²) < 4.78 is 13.1. The summed E-state index contributed by atoms with van der Waals surface area (Å²) in [6.45, 7) is 1.88. The number of thioether (sulfide) groups is 1. The van der Waals surface area contributed by atoms with Gasteiger partial charge in [-0.15, -0.1) is 23.1 Å². The lowest BCUT2D eigenvalue weighted by atomic mass is 10.1. The van der Waals surface area contributed by atoms with Gasteiger partial charge in [-0.2, -0.15) is 0 Å². The van der Waals surface area contributed by atoms with Gasteiger partial charge < -0.3 is 10.6 Å². The van der Waals surface area contributed by atoms with Crippen molar-refractivity contribution in [1.82, 2.24) is 4.98 Å². The van der Waals surface area contributed by atoms with Crippen molar-refractivity contribution in [3.8, 4) is 0 Å². The third-order valence-electron chi connectivity index (χ3n) is 4.66. The monoisotopic (exact) mass is 477 g/mol. The van der Waals surface area contributed by atoms with Gasteiger partial charge in [0.25, 0.3) is 5.91 Å². The molecule has 3 aromatic carbocycles. The highest BCUT2D eigenvalue weighted by Gasteiger charge is 2.23. The average molecular weight is 478 g/mol. The maximum Gasteiger partial charge on any atom is 0.255 e. The fourth-order valence-electron chi connectivity index (χ4n) is 3.04. The van der Waals surface area contributed by atoms with Crippen molar-refractivity contribution in [1.29, 1.82) is 0 Å². The number of nitrogens with zero attached hydrogens (tertiary/aromatic N) is 1. The van der Waals surface area contributed by atoms with Crippen molar-refractivity contribution in [2.75, 3.05) is 10.6 Å². The van der Waals surface area contributed by atoms with Crippen LogP contribution in [0, 0.1) is 12.7 Å². The third-order valence-corrected chi connectivity index (χ3v) is 6.80. The summed E-state index contributed by atoms with van der Waals surface area (Å²) in [7, 11) is 0. The van der Waals surface area contributed by atoms with Gasteiger partial charge >= 0.3 is 0 Å². The second kappa shape index (κ2) is 10.4. The highest BCUT2D eigenvalue weighted by atomic mass is 32.2. The lowest BCUT2D eigenvalue weighted by Crippen LogP contribution is -2.19. The molecule has 1 unspecified atom stereocenters. The molecule has 1 heterocycles.